The first-order chi connectivity index (χ1) is 12.0. The van der Waals surface area contributed by atoms with Gasteiger partial charge < -0.3 is 20.4 Å². The Bertz CT molecular complexity index is 451. The van der Waals surface area contributed by atoms with Crippen molar-refractivity contribution in [2.75, 3.05) is 0 Å². The molecule has 0 aromatic rings. The molecule has 0 aromatic carbocycles. The van der Waals surface area contributed by atoms with Crippen molar-refractivity contribution < 1.29 is 25.2 Å². The van der Waals surface area contributed by atoms with Crippen molar-refractivity contribution in [2.45, 2.75) is 70.2 Å². The minimum absolute atomic E-state index is 0.0149. The Morgan fingerprint density at radius 1 is 0.840 bits per heavy atom. The van der Waals surface area contributed by atoms with E-state index in [4.69, 9.17) is 5.11 Å². The van der Waals surface area contributed by atoms with Crippen LogP contribution in [0.1, 0.15) is 51.9 Å². The molecule has 0 aliphatic carbocycles. The minimum Gasteiger partial charge on any atom is -0.481 e. The van der Waals surface area contributed by atoms with Crippen molar-refractivity contribution in [2.24, 2.45) is 0 Å². The molecule has 0 amide bonds. The molecule has 2 unspecified atom stereocenters. The number of aliphatic hydroxyl groups is 3. The number of carbonyl (C=O) groups is 1. The van der Waals surface area contributed by atoms with Crippen molar-refractivity contribution in [1.29, 1.82) is 0 Å². The molecule has 0 bridgehead atoms. The number of unbranched alkanes of at least 4 members (excludes halogenated alkanes) is 2. The number of allylic oxidation sites excluding steroid dienone is 6. The molecule has 0 aliphatic heterocycles. The molecule has 0 saturated carbocycles. The average molecular weight is 352 g/mol. The van der Waals surface area contributed by atoms with Gasteiger partial charge in [-0.2, -0.15) is 0 Å². The lowest BCUT2D eigenvalue weighted by Gasteiger charge is -2.13. The molecule has 3 atom stereocenters. The van der Waals surface area contributed by atoms with Crippen LogP contribution in [0.5, 0.6) is 0 Å². The molecule has 5 heteroatoms. The fraction of sp³-hybridized carbons (Fsp3) is 0.550. The molecule has 5 nitrogen and oxygen atoms in total. The second-order valence-electron chi connectivity index (χ2n) is 5.95. The minimum atomic E-state index is -1.01. The molecule has 142 valence electrons. The van der Waals surface area contributed by atoms with E-state index in [1.165, 1.54) is 6.08 Å². The summed E-state index contributed by atoms with van der Waals surface area (Å²) < 4.78 is 0. The highest BCUT2D eigenvalue weighted by Gasteiger charge is 2.12. The maximum absolute atomic E-state index is 10.4. The topological polar surface area (TPSA) is 98.0 Å². The van der Waals surface area contributed by atoms with Gasteiger partial charge >= 0.3 is 5.97 Å². The van der Waals surface area contributed by atoms with E-state index in [0.717, 1.165) is 25.7 Å². The van der Waals surface area contributed by atoms with E-state index in [9.17, 15) is 20.1 Å². The zero-order valence-corrected chi connectivity index (χ0v) is 15.0. The van der Waals surface area contributed by atoms with Gasteiger partial charge in [0.25, 0.3) is 0 Å². The molecule has 0 fully saturated rings. The van der Waals surface area contributed by atoms with Crippen LogP contribution in [0.2, 0.25) is 0 Å². The summed E-state index contributed by atoms with van der Waals surface area (Å²) in [6.07, 6.45) is 16.0. The fourth-order valence-electron chi connectivity index (χ4n) is 2.09. The summed E-state index contributed by atoms with van der Waals surface area (Å²) in [4.78, 5) is 10.4. The van der Waals surface area contributed by atoms with Gasteiger partial charge in [0.15, 0.2) is 0 Å². The monoisotopic (exact) mass is 352 g/mol. The van der Waals surface area contributed by atoms with Crippen molar-refractivity contribution in [3.05, 3.63) is 48.6 Å². The van der Waals surface area contributed by atoms with Gasteiger partial charge in [0.05, 0.1) is 18.3 Å². The van der Waals surface area contributed by atoms with Crippen molar-refractivity contribution >= 4 is 5.97 Å². The number of carboxylic acids is 1. The lowest BCUT2D eigenvalue weighted by Crippen LogP contribution is -2.23. The van der Waals surface area contributed by atoms with Crippen LogP contribution in [0.15, 0.2) is 48.6 Å². The van der Waals surface area contributed by atoms with Gasteiger partial charge in [-0.3, -0.25) is 4.79 Å². The summed E-state index contributed by atoms with van der Waals surface area (Å²) in [5.41, 5.74) is 0. The molecule has 0 rings (SSSR count). The fourth-order valence-corrected chi connectivity index (χ4v) is 2.09. The second-order valence-corrected chi connectivity index (χ2v) is 5.95. The van der Waals surface area contributed by atoms with Crippen LogP contribution in [0, 0.1) is 0 Å². The second kappa shape index (κ2) is 15.8. The normalized spacial score (nSPS) is 16.3. The summed E-state index contributed by atoms with van der Waals surface area (Å²) in [7, 11) is 0. The summed E-state index contributed by atoms with van der Waals surface area (Å²) in [6, 6.07) is 0. The molecule has 0 saturated heterocycles. The summed E-state index contributed by atoms with van der Waals surface area (Å²) in [5, 5.41) is 37.6. The number of aliphatic carboxylic acids is 1. The summed E-state index contributed by atoms with van der Waals surface area (Å²) in [5.74, 6) is -0.908. The highest BCUT2D eigenvalue weighted by molar-refractivity contribution is 5.66. The zero-order valence-electron chi connectivity index (χ0n) is 15.0. The lowest BCUT2D eigenvalue weighted by molar-refractivity contribution is -0.137. The van der Waals surface area contributed by atoms with E-state index in [2.05, 4.69) is 6.92 Å². The Morgan fingerprint density at radius 3 is 2.04 bits per heavy atom. The average Bonchev–Trinajstić information content (AvgIpc) is 2.56. The van der Waals surface area contributed by atoms with Crippen molar-refractivity contribution in [3.63, 3.8) is 0 Å². The molecular weight excluding hydrogens is 320 g/mol. The van der Waals surface area contributed by atoms with E-state index in [1.54, 1.807) is 36.5 Å². The molecule has 4 N–H and O–H groups in total. The van der Waals surface area contributed by atoms with Crippen LogP contribution in [-0.4, -0.2) is 44.7 Å². The first kappa shape index (κ1) is 23.3. The third-order valence-corrected chi connectivity index (χ3v) is 3.59. The van der Waals surface area contributed by atoms with Crippen molar-refractivity contribution in [1.82, 2.24) is 0 Å². The number of hydrogen-bond acceptors (Lipinski definition) is 4. The lowest BCUT2D eigenvalue weighted by atomic mass is 10.1. The predicted molar refractivity (Wildman–Crippen MR) is 100 cm³/mol. The Morgan fingerprint density at radius 2 is 1.44 bits per heavy atom. The van der Waals surface area contributed by atoms with Crippen LogP contribution in [0.3, 0.4) is 0 Å². The predicted octanol–water partition coefficient (Wildman–Crippen LogP) is 3.13. The van der Waals surface area contributed by atoms with Crippen LogP contribution >= 0.6 is 0 Å². The summed E-state index contributed by atoms with van der Waals surface area (Å²) in [6.45, 7) is 2.13. The Kier molecular flexibility index (Phi) is 14.7. The molecule has 0 spiro atoms. The van der Waals surface area contributed by atoms with Crippen molar-refractivity contribution in [3.8, 4) is 0 Å². The van der Waals surface area contributed by atoms with E-state index in [1.807, 2.05) is 6.08 Å². The van der Waals surface area contributed by atoms with Gasteiger partial charge in [-0.1, -0.05) is 74.8 Å². The van der Waals surface area contributed by atoms with Gasteiger partial charge in [-0.05, 0) is 19.3 Å². The Hall–Kier alpha value is -1.69. The van der Waals surface area contributed by atoms with E-state index in [0.29, 0.717) is 6.42 Å². The smallest absolute Gasteiger partial charge is 0.303 e. The highest BCUT2D eigenvalue weighted by atomic mass is 16.4. The maximum Gasteiger partial charge on any atom is 0.303 e. The molecule has 0 heterocycles. The molecule has 25 heavy (non-hydrogen) atoms. The van der Waals surface area contributed by atoms with Crippen LogP contribution < -0.4 is 0 Å². The summed E-state index contributed by atoms with van der Waals surface area (Å²) >= 11 is 0. The standard InChI is InChI=1S/C20H32O5/c1-2-3-8-12-17(21)13-9-6-4-5-7-10-14-18(22)19(23)15-11-16-20(24)25/h4-7,9-10,13-14,17-19,21-23H,2-3,8,11-12,15-16H2,1H3,(H,24,25)/t17-,18?,19?/m1/s1. The van der Waals surface area contributed by atoms with Gasteiger partial charge in [0.1, 0.15) is 0 Å². The van der Waals surface area contributed by atoms with Crippen LogP contribution in [0.4, 0.5) is 0 Å². The molecular formula is C20H32O5. The van der Waals surface area contributed by atoms with Gasteiger partial charge in [0.2, 0.25) is 0 Å². The first-order valence-electron chi connectivity index (χ1n) is 8.91. The first-order valence-corrected chi connectivity index (χ1v) is 8.91. The number of carboxylic acid groups (broad SMARTS) is 1. The third-order valence-electron chi connectivity index (χ3n) is 3.59. The van der Waals surface area contributed by atoms with E-state index in [-0.39, 0.29) is 12.8 Å². The largest absolute Gasteiger partial charge is 0.481 e. The molecule has 0 aliphatic rings. The molecule has 0 radical (unpaired) electrons. The third kappa shape index (κ3) is 15.6. The Balaban J connectivity index is 3.97. The number of hydrogen-bond donors (Lipinski definition) is 4. The van der Waals surface area contributed by atoms with E-state index < -0.39 is 24.3 Å². The van der Waals surface area contributed by atoms with E-state index >= 15 is 0 Å². The quantitative estimate of drug-likeness (QED) is 0.284. The van der Waals surface area contributed by atoms with Gasteiger partial charge in [-0.25, -0.2) is 0 Å². The van der Waals surface area contributed by atoms with Crippen LogP contribution in [0.25, 0.3) is 0 Å². The Labute approximate surface area is 150 Å². The number of rotatable bonds is 14. The SMILES string of the molecule is CCCCC[C@@H](O)C=CC=CC=CC=CC(O)C(O)CCCC(=O)O. The maximum atomic E-state index is 10.4. The molecule has 0 aromatic heterocycles. The van der Waals surface area contributed by atoms with Gasteiger partial charge in [0, 0.05) is 6.42 Å². The zero-order chi connectivity index (χ0) is 18.9. The number of aliphatic hydroxyl groups excluding tert-OH is 3. The van der Waals surface area contributed by atoms with Crippen LogP contribution in [-0.2, 0) is 4.79 Å². The highest BCUT2D eigenvalue weighted by Crippen LogP contribution is 2.06. The van der Waals surface area contributed by atoms with Gasteiger partial charge in [-0.15, -0.1) is 0 Å².